The average molecular weight is 556 g/mol. The van der Waals surface area contributed by atoms with Gasteiger partial charge in [-0.05, 0) is 54.8 Å². The van der Waals surface area contributed by atoms with Crippen LogP contribution in [0.4, 0.5) is 24.7 Å². The van der Waals surface area contributed by atoms with Gasteiger partial charge >= 0.3 is 0 Å². The second-order valence-electron chi connectivity index (χ2n) is 8.94. The van der Waals surface area contributed by atoms with Crippen LogP contribution in [0.1, 0.15) is 25.8 Å². The highest BCUT2D eigenvalue weighted by Crippen LogP contribution is 2.37. The third kappa shape index (κ3) is 5.92. The number of benzene rings is 2. The first kappa shape index (κ1) is 26.7. The van der Waals surface area contributed by atoms with E-state index in [4.69, 9.17) is 9.84 Å². The van der Waals surface area contributed by atoms with Crippen molar-refractivity contribution in [3.8, 4) is 22.4 Å². The van der Waals surface area contributed by atoms with Gasteiger partial charge in [-0.2, -0.15) is 5.10 Å². The zero-order valence-corrected chi connectivity index (χ0v) is 21.6. The van der Waals surface area contributed by atoms with Crippen LogP contribution in [0.3, 0.4) is 0 Å². The number of carbonyl (C=O) groups excluding carboxylic acids is 1. The Morgan fingerprint density at radius 3 is 2.67 bits per heavy atom. The Labute approximate surface area is 225 Å². The SMILES string of the molecule is CC(=O)Nc1cc(-c2cn(C3CCOCC3)nc2-c2cccc(N[S+]([O-])c3cc(F)ccc3F)c2F)ccn1. The van der Waals surface area contributed by atoms with Gasteiger partial charge in [-0.15, -0.1) is 0 Å². The maximum absolute atomic E-state index is 15.9. The highest BCUT2D eigenvalue weighted by Gasteiger charge is 2.25. The number of amides is 1. The summed E-state index contributed by atoms with van der Waals surface area (Å²) in [6.45, 7) is 2.52. The Bertz CT molecular complexity index is 1510. The predicted molar refractivity (Wildman–Crippen MR) is 141 cm³/mol. The van der Waals surface area contributed by atoms with Crippen LogP contribution in [-0.4, -0.2) is 38.4 Å². The summed E-state index contributed by atoms with van der Waals surface area (Å²) in [4.78, 5) is 15.3. The molecule has 2 aromatic heterocycles. The number of hydrogen-bond acceptors (Lipinski definition) is 6. The molecule has 2 aromatic carbocycles. The normalized spacial score (nSPS) is 14.7. The van der Waals surface area contributed by atoms with E-state index in [1.807, 2.05) is 6.20 Å². The van der Waals surface area contributed by atoms with Crippen LogP contribution in [-0.2, 0) is 20.9 Å². The summed E-state index contributed by atoms with van der Waals surface area (Å²) < 4.78 is 66.1. The van der Waals surface area contributed by atoms with Gasteiger partial charge in [0.15, 0.2) is 11.6 Å². The summed E-state index contributed by atoms with van der Waals surface area (Å²) in [7, 11) is 0. The topological polar surface area (TPSA) is 104 Å². The second kappa shape index (κ2) is 11.5. The van der Waals surface area contributed by atoms with Crippen LogP contribution in [0.5, 0.6) is 0 Å². The van der Waals surface area contributed by atoms with E-state index >= 15 is 4.39 Å². The molecule has 1 fully saturated rings. The van der Waals surface area contributed by atoms with Crippen molar-refractivity contribution in [2.45, 2.75) is 30.7 Å². The lowest BCUT2D eigenvalue weighted by atomic mass is 10.0. The van der Waals surface area contributed by atoms with E-state index in [1.54, 1.807) is 22.9 Å². The summed E-state index contributed by atoms with van der Waals surface area (Å²) in [5.41, 5.74) is 1.48. The molecule has 1 aliphatic heterocycles. The number of nitrogens with one attached hydrogen (secondary N) is 2. The minimum Gasteiger partial charge on any atom is -0.588 e. The summed E-state index contributed by atoms with van der Waals surface area (Å²) >= 11 is -2.27. The van der Waals surface area contributed by atoms with Crippen molar-refractivity contribution in [3.63, 3.8) is 0 Å². The minimum atomic E-state index is -2.27. The van der Waals surface area contributed by atoms with E-state index in [1.165, 1.54) is 25.3 Å². The van der Waals surface area contributed by atoms with Crippen LogP contribution in [0, 0.1) is 17.5 Å². The maximum atomic E-state index is 15.9. The van der Waals surface area contributed by atoms with Gasteiger partial charge in [-0.1, -0.05) is 6.07 Å². The van der Waals surface area contributed by atoms with E-state index in [0.717, 1.165) is 31.0 Å². The van der Waals surface area contributed by atoms with Crippen molar-refractivity contribution < 1.29 is 27.3 Å². The molecular weight excluding hydrogens is 531 g/mol. The fourth-order valence-corrected chi connectivity index (χ4v) is 5.29. The van der Waals surface area contributed by atoms with E-state index in [9.17, 15) is 18.1 Å². The number of nitrogens with zero attached hydrogens (tertiary/aromatic N) is 3. The Hall–Kier alpha value is -3.87. The highest BCUT2D eigenvalue weighted by molar-refractivity contribution is 7.92. The molecule has 202 valence electrons. The number of ether oxygens (including phenoxy) is 1. The molecule has 0 aliphatic carbocycles. The van der Waals surface area contributed by atoms with Gasteiger partial charge in [0.25, 0.3) is 0 Å². The Morgan fingerprint density at radius 1 is 1.10 bits per heavy atom. The highest BCUT2D eigenvalue weighted by atomic mass is 32.2. The van der Waals surface area contributed by atoms with Gasteiger partial charge in [0, 0.05) is 49.7 Å². The number of carbonyl (C=O) groups is 1. The first-order valence-electron chi connectivity index (χ1n) is 12.1. The number of hydrogen-bond donors (Lipinski definition) is 2. The molecule has 5 rings (SSSR count). The van der Waals surface area contributed by atoms with Crippen LogP contribution in [0.25, 0.3) is 22.4 Å². The molecule has 1 atom stereocenters. The third-order valence-corrected chi connectivity index (χ3v) is 7.34. The first-order chi connectivity index (χ1) is 18.8. The summed E-state index contributed by atoms with van der Waals surface area (Å²) in [5.74, 6) is -2.38. The largest absolute Gasteiger partial charge is 0.588 e. The quantitative estimate of drug-likeness (QED) is 0.293. The van der Waals surface area contributed by atoms with Gasteiger partial charge < -0.3 is 14.6 Å². The molecule has 8 nitrogen and oxygen atoms in total. The molecular formula is C27H24F3N5O3S. The fourth-order valence-electron chi connectivity index (χ4n) is 4.35. The summed E-state index contributed by atoms with van der Waals surface area (Å²) in [6, 6.07) is 10.4. The zero-order valence-electron chi connectivity index (χ0n) is 20.8. The van der Waals surface area contributed by atoms with E-state index in [0.29, 0.717) is 35.9 Å². The van der Waals surface area contributed by atoms with Crippen molar-refractivity contribution in [2.24, 2.45) is 0 Å². The van der Waals surface area contributed by atoms with Crippen LogP contribution in [0.15, 0.2) is 65.8 Å². The Kier molecular flexibility index (Phi) is 7.87. The monoisotopic (exact) mass is 555 g/mol. The Morgan fingerprint density at radius 2 is 1.90 bits per heavy atom. The molecule has 1 unspecified atom stereocenters. The van der Waals surface area contributed by atoms with Crippen molar-refractivity contribution in [3.05, 3.63) is 78.4 Å². The number of aromatic nitrogens is 3. The van der Waals surface area contributed by atoms with Gasteiger partial charge in [-0.3, -0.25) is 9.48 Å². The molecule has 39 heavy (non-hydrogen) atoms. The van der Waals surface area contributed by atoms with Crippen LogP contribution in [0.2, 0.25) is 0 Å². The predicted octanol–water partition coefficient (Wildman–Crippen LogP) is 5.47. The lowest BCUT2D eigenvalue weighted by Crippen LogP contribution is -2.20. The van der Waals surface area contributed by atoms with Gasteiger partial charge in [-0.25, -0.2) is 22.9 Å². The molecule has 1 aliphatic rings. The molecule has 12 heteroatoms. The van der Waals surface area contributed by atoms with Gasteiger partial charge in [0.05, 0.1) is 6.04 Å². The average Bonchev–Trinajstić information content (AvgIpc) is 3.37. The minimum absolute atomic E-state index is 0.0377. The molecule has 4 aromatic rings. The van der Waals surface area contributed by atoms with Crippen LogP contribution < -0.4 is 10.0 Å². The van der Waals surface area contributed by atoms with E-state index in [-0.39, 0.29) is 23.2 Å². The molecule has 3 heterocycles. The summed E-state index contributed by atoms with van der Waals surface area (Å²) in [5, 5.41) is 7.38. The smallest absolute Gasteiger partial charge is 0.222 e. The van der Waals surface area contributed by atoms with Crippen molar-refractivity contribution in [2.75, 3.05) is 23.3 Å². The zero-order chi connectivity index (χ0) is 27.5. The second-order valence-corrected chi connectivity index (χ2v) is 10.1. The molecule has 1 amide bonds. The molecule has 0 radical (unpaired) electrons. The lowest BCUT2D eigenvalue weighted by molar-refractivity contribution is -0.114. The lowest BCUT2D eigenvalue weighted by Gasteiger charge is -2.22. The number of anilines is 2. The van der Waals surface area contributed by atoms with E-state index < -0.39 is 33.7 Å². The van der Waals surface area contributed by atoms with Crippen LogP contribution >= 0.6 is 0 Å². The van der Waals surface area contributed by atoms with E-state index in [2.05, 4.69) is 15.0 Å². The number of halogens is 3. The van der Waals surface area contributed by atoms with Gasteiger partial charge in [0.2, 0.25) is 10.8 Å². The molecule has 1 saturated heterocycles. The molecule has 0 spiro atoms. The molecule has 2 N–H and O–H groups in total. The van der Waals surface area contributed by atoms with Gasteiger partial charge in [0.1, 0.15) is 34.4 Å². The third-order valence-electron chi connectivity index (χ3n) is 6.22. The van der Waals surface area contributed by atoms with Crippen molar-refractivity contribution in [1.82, 2.24) is 14.8 Å². The fraction of sp³-hybridized carbons (Fsp3) is 0.222. The number of pyridine rings is 1. The maximum Gasteiger partial charge on any atom is 0.222 e. The van der Waals surface area contributed by atoms with Crippen molar-refractivity contribution >= 4 is 28.8 Å². The molecule has 0 bridgehead atoms. The standard InChI is InChI=1S/C27H24F3N5O3S/c1-16(36)32-25-13-17(7-10-31-25)21-15-35(19-8-11-38-12-9-19)33-27(21)20-3-2-4-23(26(20)30)34-39(37)24-14-18(28)5-6-22(24)29/h2-7,10,13-15,19,34H,8-9,11-12H2,1H3,(H,31,32,36). The van der Waals surface area contributed by atoms with Crippen molar-refractivity contribution in [1.29, 1.82) is 0 Å². The molecule has 0 saturated carbocycles. The Balaban J connectivity index is 1.56. The first-order valence-corrected chi connectivity index (χ1v) is 13.3. The summed E-state index contributed by atoms with van der Waals surface area (Å²) in [6.07, 6.45) is 4.81. The number of rotatable bonds is 7.